The first kappa shape index (κ1) is 15.4. The molecular weight excluding hydrogens is 248 g/mol. The molecule has 0 aliphatic heterocycles. The molecule has 0 saturated carbocycles. The van der Waals surface area contributed by atoms with Crippen LogP contribution in [0.2, 0.25) is 0 Å². The molecule has 1 aromatic carbocycles. The van der Waals surface area contributed by atoms with Crippen molar-refractivity contribution in [3.05, 3.63) is 33.9 Å². The van der Waals surface area contributed by atoms with E-state index < -0.39 is 4.92 Å². The maximum Gasteiger partial charge on any atom is 0.311 e. The number of hydrogen-bond acceptors (Lipinski definition) is 5. The number of benzene rings is 1. The summed E-state index contributed by atoms with van der Waals surface area (Å²) in [5.74, 6) is 0.267. The summed E-state index contributed by atoms with van der Waals surface area (Å²) in [5.41, 5.74) is 0.815. The van der Waals surface area contributed by atoms with Crippen molar-refractivity contribution >= 4 is 5.69 Å². The molecule has 2 N–H and O–H groups in total. The molecule has 0 spiro atoms. The highest BCUT2D eigenvalue weighted by Gasteiger charge is 2.14. The average Bonchev–Trinajstić information content (AvgIpc) is 2.37. The second kappa shape index (κ2) is 7.70. The summed E-state index contributed by atoms with van der Waals surface area (Å²) >= 11 is 0. The molecule has 0 amide bonds. The Morgan fingerprint density at radius 2 is 2.26 bits per heavy atom. The molecule has 0 radical (unpaired) electrons. The average molecular weight is 268 g/mol. The molecule has 0 fully saturated rings. The Morgan fingerprint density at radius 3 is 2.84 bits per heavy atom. The fourth-order valence-electron chi connectivity index (χ4n) is 1.74. The van der Waals surface area contributed by atoms with Crippen molar-refractivity contribution in [1.29, 1.82) is 0 Å². The topological polar surface area (TPSA) is 84.6 Å². The third-order valence-corrected chi connectivity index (χ3v) is 2.74. The second-order valence-electron chi connectivity index (χ2n) is 4.43. The van der Waals surface area contributed by atoms with Crippen LogP contribution >= 0.6 is 0 Å². The molecule has 0 bridgehead atoms. The van der Waals surface area contributed by atoms with Gasteiger partial charge in [-0.3, -0.25) is 10.1 Å². The van der Waals surface area contributed by atoms with Crippen molar-refractivity contribution in [3.8, 4) is 5.75 Å². The number of nitrogens with one attached hydrogen (secondary N) is 1. The Balaban J connectivity index is 2.50. The van der Waals surface area contributed by atoms with E-state index in [1.54, 1.807) is 19.1 Å². The maximum absolute atomic E-state index is 10.9. The van der Waals surface area contributed by atoms with Gasteiger partial charge in [-0.25, -0.2) is 0 Å². The summed E-state index contributed by atoms with van der Waals surface area (Å²) in [6, 6.07) is 4.92. The van der Waals surface area contributed by atoms with Crippen LogP contribution in [0.25, 0.3) is 0 Å². The standard InChI is InChI=1S/C13H20N2O4/c1-10(16)4-3-7-14-9-11-5-6-13(19-2)12(8-11)15(17)18/h5-6,8,10,14,16H,3-4,7,9H2,1-2H3. The Hall–Kier alpha value is -1.66. The first-order valence-electron chi connectivity index (χ1n) is 6.24. The normalized spacial score (nSPS) is 12.2. The van der Waals surface area contributed by atoms with Gasteiger partial charge >= 0.3 is 5.69 Å². The summed E-state index contributed by atoms with van der Waals surface area (Å²) in [6.45, 7) is 3.09. The van der Waals surface area contributed by atoms with Crippen LogP contribution in [0.4, 0.5) is 5.69 Å². The molecule has 0 saturated heterocycles. The summed E-state index contributed by atoms with van der Waals surface area (Å²) in [6.07, 6.45) is 1.33. The third-order valence-electron chi connectivity index (χ3n) is 2.74. The maximum atomic E-state index is 10.9. The van der Waals surface area contributed by atoms with Crippen molar-refractivity contribution < 1.29 is 14.8 Å². The van der Waals surface area contributed by atoms with Gasteiger partial charge in [0, 0.05) is 12.6 Å². The largest absolute Gasteiger partial charge is 0.490 e. The molecule has 0 aromatic heterocycles. The van der Waals surface area contributed by atoms with Gasteiger partial charge in [-0.05, 0) is 37.9 Å². The lowest BCUT2D eigenvalue weighted by Gasteiger charge is -2.07. The van der Waals surface area contributed by atoms with Crippen molar-refractivity contribution in [2.24, 2.45) is 0 Å². The monoisotopic (exact) mass is 268 g/mol. The van der Waals surface area contributed by atoms with Crippen LogP contribution in [0.15, 0.2) is 18.2 Å². The number of nitrogens with zero attached hydrogens (tertiary/aromatic N) is 1. The van der Waals surface area contributed by atoms with Crippen LogP contribution in [0, 0.1) is 10.1 Å². The molecule has 0 aliphatic carbocycles. The van der Waals surface area contributed by atoms with Gasteiger partial charge in [-0.1, -0.05) is 6.07 Å². The third kappa shape index (κ3) is 5.23. The highest BCUT2D eigenvalue weighted by molar-refractivity contribution is 5.48. The van der Waals surface area contributed by atoms with Gasteiger partial charge in [0.15, 0.2) is 5.75 Å². The van der Waals surface area contributed by atoms with E-state index in [4.69, 9.17) is 9.84 Å². The van der Waals surface area contributed by atoms with Crippen molar-refractivity contribution in [2.75, 3.05) is 13.7 Å². The minimum atomic E-state index is -0.449. The fraction of sp³-hybridized carbons (Fsp3) is 0.538. The van der Waals surface area contributed by atoms with Crippen LogP contribution in [0.5, 0.6) is 5.75 Å². The Kier molecular flexibility index (Phi) is 6.24. The molecular formula is C13H20N2O4. The van der Waals surface area contributed by atoms with Gasteiger partial charge in [0.2, 0.25) is 0 Å². The molecule has 6 heteroatoms. The lowest BCUT2D eigenvalue weighted by molar-refractivity contribution is -0.385. The predicted octanol–water partition coefficient (Wildman–Crippen LogP) is 1.85. The van der Waals surface area contributed by atoms with Crippen molar-refractivity contribution in [2.45, 2.75) is 32.4 Å². The van der Waals surface area contributed by atoms with Crippen LogP contribution < -0.4 is 10.1 Å². The number of ether oxygens (including phenoxy) is 1. The summed E-state index contributed by atoms with van der Waals surface area (Å²) in [7, 11) is 1.41. The summed E-state index contributed by atoms with van der Waals surface area (Å²) in [5, 5.41) is 23.2. The zero-order valence-electron chi connectivity index (χ0n) is 11.3. The van der Waals surface area contributed by atoms with Gasteiger partial charge in [0.25, 0.3) is 0 Å². The fourth-order valence-corrected chi connectivity index (χ4v) is 1.74. The van der Waals surface area contributed by atoms with Gasteiger partial charge in [0.1, 0.15) is 0 Å². The highest BCUT2D eigenvalue weighted by atomic mass is 16.6. The Bertz CT molecular complexity index is 421. The molecule has 1 rings (SSSR count). The van der Waals surface area contributed by atoms with E-state index in [1.807, 2.05) is 0 Å². The summed E-state index contributed by atoms with van der Waals surface area (Å²) in [4.78, 5) is 10.4. The number of aliphatic hydroxyl groups excluding tert-OH is 1. The van der Waals surface area contributed by atoms with Crippen LogP contribution in [-0.4, -0.2) is 29.8 Å². The molecule has 1 aromatic rings. The van der Waals surface area contributed by atoms with Crippen LogP contribution in [-0.2, 0) is 6.54 Å². The van der Waals surface area contributed by atoms with E-state index in [0.29, 0.717) is 6.54 Å². The van der Waals surface area contributed by atoms with E-state index in [1.165, 1.54) is 13.2 Å². The molecule has 6 nitrogen and oxygen atoms in total. The molecule has 1 unspecified atom stereocenters. The lowest BCUT2D eigenvalue weighted by atomic mass is 10.1. The number of aliphatic hydroxyl groups is 1. The zero-order chi connectivity index (χ0) is 14.3. The molecule has 106 valence electrons. The minimum absolute atomic E-state index is 0.0224. The smallest absolute Gasteiger partial charge is 0.311 e. The molecule has 0 heterocycles. The van der Waals surface area contributed by atoms with Crippen molar-refractivity contribution in [1.82, 2.24) is 5.32 Å². The number of nitro benzene ring substituents is 1. The molecule has 0 aliphatic rings. The van der Waals surface area contributed by atoms with Gasteiger partial charge < -0.3 is 15.2 Å². The Labute approximate surface area is 112 Å². The van der Waals surface area contributed by atoms with Gasteiger partial charge in [-0.15, -0.1) is 0 Å². The minimum Gasteiger partial charge on any atom is -0.490 e. The van der Waals surface area contributed by atoms with E-state index in [9.17, 15) is 10.1 Å². The number of methoxy groups -OCH3 is 1. The van der Waals surface area contributed by atoms with Crippen LogP contribution in [0.3, 0.4) is 0 Å². The van der Waals surface area contributed by atoms with E-state index in [2.05, 4.69) is 5.32 Å². The quantitative estimate of drug-likeness (QED) is 0.427. The number of nitro groups is 1. The van der Waals surface area contributed by atoms with Crippen LogP contribution in [0.1, 0.15) is 25.3 Å². The van der Waals surface area contributed by atoms with E-state index in [-0.39, 0.29) is 17.5 Å². The highest BCUT2D eigenvalue weighted by Crippen LogP contribution is 2.27. The van der Waals surface area contributed by atoms with E-state index in [0.717, 1.165) is 24.9 Å². The zero-order valence-corrected chi connectivity index (χ0v) is 11.3. The first-order valence-corrected chi connectivity index (χ1v) is 6.24. The molecule has 1 atom stereocenters. The Morgan fingerprint density at radius 1 is 1.53 bits per heavy atom. The summed E-state index contributed by atoms with van der Waals surface area (Å²) < 4.78 is 4.94. The SMILES string of the molecule is COc1ccc(CNCCCC(C)O)cc1[N+](=O)[O-]. The van der Waals surface area contributed by atoms with Gasteiger partial charge in [-0.2, -0.15) is 0 Å². The van der Waals surface area contributed by atoms with E-state index >= 15 is 0 Å². The molecule has 19 heavy (non-hydrogen) atoms. The van der Waals surface area contributed by atoms with Gasteiger partial charge in [0.05, 0.1) is 18.1 Å². The predicted molar refractivity (Wildman–Crippen MR) is 72.3 cm³/mol. The number of rotatable bonds is 8. The van der Waals surface area contributed by atoms with Crippen molar-refractivity contribution in [3.63, 3.8) is 0 Å². The number of hydrogen-bond donors (Lipinski definition) is 2. The lowest BCUT2D eigenvalue weighted by Crippen LogP contribution is -2.16. The first-order chi connectivity index (χ1) is 9.04. The second-order valence-corrected chi connectivity index (χ2v) is 4.43.